The van der Waals surface area contributed by atoms with Crippen molar-refractivity contribution in [3.63, 3.8) is 0 Å². The molecule has 2 aliphatic rings. The SMILES string of the molecule is OC1C[C@@H]2CCC[C@@H](I)[C@@H]2O1. The Morgan fingerprint density at radius 2 is 2.18 bits per heavy atom. The van der Waals surface area contributed by atoms with E-state index in [2.05, 4.69) is 22.6 Å². The Morgan fingerprint density at radius 1 is 1.36 bits per heavy atom. The standard InChI is InChI=1S/C8H13IO2/c9-6-3-1-2-5-4-7(10)11-8(5)6/h5-8,10H,1-4H2/t5-,6+,7?,8+/m0/s1. The van der Waals surface area contributed by atoms with Crippen molar-refractivity contribution >= 4 is 22.6 Å². The number of alkyl halides is 1. The van der Waals surface area contributed by atoms with Gasteiger partial charge in [-0.15, -0.1) is 0 Å². The summed E-state index contributed by atoms with van der Waals surface area (Å²) in [5, 5.41) is 9.25. The molecule has 0 radical (unpaired) electrons. The highest BCUT2D eigenvalue weighted by Crippen LogP contribution is 2.39. The summed E-state index contributed by atoms with van der Waals surface area (Å²) in [4.78, 5) is 0. The Labute approximate surface area is 80.5 Å². The minimum absolute atomic E-state index is 0.347. The minimum Gasteiger partial charge on any atom is -0.368 e. The molecule has 1 heterocycles. The second kappa shape index (κ2) is 3.18. The molecule has 3 heteroatoms. The van der Waals surface area contributed by atoms with Gasteiger partial charge in [-0.3, -0.25) is 0 Å². The van der Waals surface area contributed by atoms with Gasteiger partial charge in [-0.1, -0.05) is 29.0 Å². The first-order valence-corrected chi connectivity index (χ1v) is 5.49. The van der Waals surface area contributed by atoms with E-state index in [0.29, 0.717) is 15.9 Å². The quantitative estimate of drug-likeness (QED) is 0.535. The number of hydrogen-bond donors (Lipinski definition) is 1. The van der Waals surface area contributed by atoms with Crippen molar-refractivity contribution in [3.8, 4) is 0 Å². The fourth-order valence-electron chi connectivity index (χ4n) is 2.14. The summed E-state index contributed by atoms with van der Waals surface area (Å²) >= 11 is 2.45. The number of fused-ring (bicyclic) bond motifs is 1. The summed E-state index contributed by atoms with van der Waals surface area (Å²) in [7, 11) is 0. The molecule has 64 valence electrons. The molecule has 2 rings (SSSR count). The molecule has 2 fully saturated rings. The smallest absolute Gasteiger partial charge is 0.155 e. The van der Waals surface area contributed by atoms with Gasteiger partial charge in [0.15, 0.2) is 6.29 Å². The Hall–Kier alpha value is 0.650. The van der Waals surface area contributed by atoms with E-state index in [1.165, 1.54) is 19.3 Å². The molecule has 1 aliphatic carbocycles. The van der Waals surface area contributed by atoms with Gasteiger partial charge in [0, 0.05) is 10.3 Å². The summed E-state index contributed by atoms with van der Waals surface area (Å²) in [5.41, 5.74) is 0. The second-order valence-electron chi connectivity index (χ2n) is 3.50. The number of aliphatic hydroxyl groups is 1. The molecule has 0 amide bonds. The summed E-state index contributed by atoms with van der Waals surface area (Å²) in [6.45, 7) is 0. The minimum atomic E-state index is -0.472. The number of rotatable bonds is 0. The van der Waals surface area contributed by atoms with Crippen LogP contribution in [0, 0.1) is 5.92 Å². The van der Waals surface area contributed by atoms with Crippen LogP contribution in [-0.4, -0.2) is 21.4 Å². The van der Waals surface area contributed by atoms with Crippen LogP contribution in [0.3, 0.4) is 0 Å². The Bertz CT molecular complexity index is 151. The summed E-state index contributed by atoms with van der Waals surface area (Å²) in [5.74, 6) is 0.639. The molecule has 1 N–H and O–H groups in total. The van der Waals surface area contributed by atoms with Crippen LogP contribution in [0.2, 0.25) is 0 Å². The van der Waals surface area contributed by atoms with E-state index in [1.807, 2.05) is 0 Å². The summed E-state index contributed by atoms with van der Waals surface area (Å²) in [6.07, 6.45) is 4.56. The van der Waals surface area contributed by atoms with Crippen molar-refractivity contribution in [1.29, 1.82) is 0 Å². The molecule has 0 aromatic rings. The molecule has 1 aliphatic heterocycles. The zero-order chi connectivity index (χ0) is 7.84. The van der Waals surface area contributed by atoms with Gasteiger partial charge in [0.1, 0.15) is 0 Å². The van der Waals surface area contributed by atoms with Gasteiger partial charge in [-0.25, -0.2) is 0 Å². The molecule has 1 unspecified atom stereocenters. The van der Waals surface area contributed by atoms with Gasteiger partial charge in [0.25, 0.3) is 0 Å². The van der Waals surface area contributed by atoms with Gasteiger partial charge < -0.3 is 9.84 Å². The van der Waals surface area contributed by atoms with E-state index in [1.54, 1.807) is 0 Å². The molecule has 0 aromatic carbocycles. The Morgan fingerprint density at radius 3 is 2.91 bits per heavy atom. The number of hydrogen-bond acceptors (Lipinski definition) is 2. The summed E-state index contributed by atoms with van der Waals surface area (Å²) in [6, 6.07) is 0. The van der Waals surface area contributed by atoms with Gasteiger partial charge in [-0.2, -0.15) is 0 Å². The lowest BCUT2D eigenvalue weighted by Crippen LogP contribution is -2.30. The molecule has 4 atom stereocenters. The topological polar surface area (TPSA) is 29.5 Å². The van der Waals surface area contributed by atoms with E-state index in [-0.39, 0.29) is 0 Å². The third kappa shape index (κ3) is 1.55. The van der Waals surface area contributed by atoms with Gasteiger partial charge in [0.2, 0.25) is 0 Å². The number of aliphatic hydroxyl groups excluding tert-OH is 1. The predicted octanol–water partition coefficient (Wildman–Crippen LogP) is 1.70. The highest BCUT2D eigenvalue weighted by molar-refractivity contribution is 14.1. The van der Waals surface area contributed by atoms with Gasteiger partial charge in [0.05, 0.1) is 6.10 Å². The van der Waals surface area contributed by atoms with Crippen LogP contribution in [0.25, 0.3) is 0 Å². The normalized spacial score (nSPS) is 50.7. The van der Waals surface area contributed by atoms with Crippen LogP contribution >= 0.6 is 22.6 Å². The van der Waals surface area contributed by atoms with Gasteiger partial charge >= 0.3 is 0 Å². The van der Waals surface area contributed by atoms with Crippen molar-refractivity contribution in [2.45, 2.75) is 42.0 Å². The third-order valence-corrected chi connectivity index (χ3v) is 4.03. The molecular formula is C8H13IO2. The van der Waals surface area contributed by atoms with Crippen LogP contribution in [0.1, 0.15) is 25.7 Å². The summed E-state index contributed by atoms with van der Waals surface area (Å²) < 4.78 is 6.05. The number of halogens is 1. The largest absolute Gasteiger partial charge is 0.368 e. The molecule has 1 saturated carbocycles. The highest BCUT2D eigenvalue weighted by Gasteiger charge is 2.40. The van der Waals surface area contributed by atoms with Crippen LogP contribution in [0.15, 0.2) is 0 Å². The lowest BCUT2D eigenvalue weighted by atomic mass is 9.86. The molecule has 1 saturated heterocycles. The first-order valence-electron chi connectivity index (χ1n) is 4.25. The Balaban J connectivity index is 2.03. The number of ether oxygens (including phenoxy) is 1. The highest BCUT2D eigenvalue weighted by atomic mass is 127. The molecule has 0 aromatic heterocycles. The van der Waals surface area contributed by atoms with Crippen molar-refractivity contribution < 1.29 is 9.84 Å². The fraction of sp³-hybridized carbons (Fsp3) is 1.00. The second-order valence-corrected chi connectivity index (χ2v) is 5.10. The first kappa shape index (κ1) is 8.26. The van der Waals surface area contributed by atoms with E-state index < -0.39 is 6.29 Å². The zero-order valence-electron chi connectivity index (χ0n) is 6.37. The molecule has 2 nitrogen and oxygen atoms in total. The average molecular weight is 268 g/mol. The third-order valence-electron chi connectivity index (χ3n) is 2.69. The average Bonchev–Trinajstić information content (AvgIpc) is 2.31. The Kier molecular flexibility index (Phi) is 2.39. The fourth-order valence-corrected chi connectivity index (χ4v) is 3.34. The van der Waals surface area contributed by atoms with E-state index in [4.69, 9.17) is 4.74 Å². The molecule has 0 bridgehead atoms. The van der Waals surface area contributed by atoms with Crippen LogP contribution in [0.5, 0.6) is 0 Å². The van der Waals surface area contributed by atoms with E-state index in [9.17, 15) is 5.11 Å². The lowest BCUT2D eigenvalue weighted by Gasteiger charge is -2.28. The monoisotopic (exact) mass is 268 g/mol. The maximum Gasteiger partial charge on any atom is 0.155 e. The molecular weight excluding hydrogens is 255 g/mol. The van der Waals surface area contributed by atoms with Gasteiger partial charge in [-0.05, 0) is 18.8 Å². The zero-order valence-corrected chi connectivity index (χ0v) is 8.53. The van der Waals surface area contributed by atoms with Crippen molar-refractivity contribution in [1.82, 2.24) is 0 Å². The van der Waals surface area contributed by atoms with Crippen molar-refractivity contribution in [3.05, 3.63) is 0 Å². The molecule has 11 heavy (non-hydrogen) atoms. The van der Waals surface area contributed by atoms with Crippen molar-refractivity contribution in [2.24, 2.45) is 5.92 Å². The maximum atomic E-state index is 9.25. The van der Waals surface area contributed by atoms with Crippen molar-refractivity contribution in [2.75, 3.05) is 0 Å². The van der Waals surface area contributed by atoms with E-state index in [0.717, 1.165) is 6.42 Å². The van der Waals surface area contributed by atoms with Crippen LogP contribution in [-0.2, 0) is 4.74 Å². The van der Waals surface area contributed by atoms with Crippen LogP contribution < -0.4 is 0 Å². The first-order chi connectivity index (χ1) is 5.27. The van der Waals surface area contributed by atoms with E-state index >= 15 is 0 Å². The van der Waals surface area contributed by atoms with Crippen LogP contribution in [0.4, 0.5) is 0 Å². The maximum absolute atomic E-state index is 9.25. The predicted molar refractivity (Wildman–Crippen MR) is 50.6 cm³/mol. The lowest BCUT2D eigenvalue weighted by molar-refractivity contribution is -0.0929. The molecule has 0 spiro atoms.